The van der Waals surface area contributed by atoms with E-state index in [1.165, 1.54) is 19.2 Å². The van der Waals surface area contributed by atoms with Crippen molar-refractivity contribution in [3.8, 4) is 11.5 Å². The van der Waals surface area contributed by atoms with Gasteiger partial charge in [0.25, 0.3) is 0 Å². The van der Waals surface area contributed by atoms with Crippen LogP contribution in [0.5, 0.6) is 11.5 Å². The van der Waals surface area contributed by atoms with E-state index in [4.69, 9.17) is 28.4 Å². The fraction of sp³-hybridized carbons (Fsp3) is 0.655. The first-order chi connectivity index (χ1) is 19.2. The van der Waals surface area contributed by atoms with E-state index in [1.807, 2.05) is 20.8 Å². The Morgan fingerprint density at radius 1 is 0.775 bits per heavy atom. The summed E-state index contributed by atoms with van der Waals surface area (Å²) < 4.78 is 31.0. The zero-order valence-electron chi connectivity index (χ0n) is 24.5. The van der Waals surface area contributed by atoms with Gasteiger partial charge in [0, 0.05) is 6.54 Å². The number of esters is 2. The Balaban J connectivity index is 2.95. The molecule has 0 aliphatic carbocycles. The molecule has 0 heterocycles. The van der Waals surface area contributed by atoms with Gasteiger partial charge < -0.3 is 33.7 Å². The minimum absolute atomic E-state index is 0.0331. The van der Waals surface area contributed by atoms with Crippen molar-refractivity contribution in [3.05, 3.63) is 23.8 Å². The van der Waals surface area contributed by atoms with Gasteiger partial charge in [-0.1, -0.05) is 59.4 Å². The Kier molecular flexibility index (Phi) is 17.8. The number of carbonyl (C=O) groups is 4. The molecule has 0 fully saturated rings. The van der Waals surface area contributed by atoms with Gasteiger partial charge in [0.1, 0.15) is 12.6 Å². The summed E-state index contributed by atoms with van der Waals surface area (Å²) in [4.78, 5) is 48.8. The molecule has 0 aliphatic heterocycles. The van der Waals surface area contributed by atoms with Gasteiger partial charge in [-0.3, -0.25) is 9.59 Å². The lowest BCUT2D eigenvalue weighted by atomic mass is 10.1. The monoisotopic (exact) mass is 567 g/mol. The van der Waals surface area contributed by atoms with Crippen LogP contribution in [0.15, 0.2) is 18.2 Å². The molecule has 0 aliphatic rings. The molecule has 0 aromatic heterocycles. The molecule has 1 N–H and O–H groups in total. The molecule has 0 radical (unpaired) electrons. The molecule has 11 nitrogen and oxygen atoms in total. The van der Waals surface area contributed by atoms with E-state index in [0.717, 1.165) is 25.7 Å². The highest BCUT2D eigenvalue weighted by Gasteiger charge is 2.22. The fourth-order valence-corrected chi connectivity index (χ4v) is 3.41. The number of nitrogens with one attached hydrogen (secondary N) is 1. The molecular formula is C29H45NO10. The number of carbonyl (C=O) groups excluding carboxylic acids is 4. The van der Waals surface area contributed by atoms with Gasteiger partial charge in [-0.15, -0.1) is 0 Å². The summed E-state index contributed by atoms with van der Waals surface area (Å²) in [6.07, 6.45) is 4.10. The molecule has 0 spiro atoms. The van der Waals surface area contributed by atoms with Crippen LogP contribution in [0.4, 0.5) is 9.59 Å². The van der Waals surface area contributed by atoms with Crippen molar-refractivity contribution < 1.29 is 47.6 Å². The van der Waals surface area contributed by atoms with Gasteiger partial charge in [0.05, 0.1) is 26.2 Å². The van der Waals surface area contributed by atoms with Crippen LogP contribution in [0.1, 0.15) is 78.2 Å². The number of methoxy groups -OCH3 is 1. The molecule has 0 saturated heterocycles. The summed E-state index contributed by atoms with van der Waals surface area (Å²) in [5.41, 5.74) is 0.581. The van der Waals surface area contributed by atoms with E-state index in [1.54, 1.807) is 13.0 Å². The Morgan fingerprint density at radius 3 is 1.93 bits per heavy atom. The van der Waals surface area contributed by atoms with Gasteiger partial charge in [-0.2, -0.15) is 0 Å². The third-order valence-electron chi connectivity index (χ3n) is 6.01. The zero-order valence-corrected chi connectivity index (χ0v) is 24.5. The van der Waals surface area contributed by atoms with E-state index in [-0.39, 0.29) is 56.2 Å². The van der Waals surface area contributed by atoms with Crippen molar-refractivity contribution in [2.75, 3.05) is 33.5 Å². The summed E-state index contributed by atoms with van der Waals surface area (Å²) in [6.45, 7) is 8.46. The zero-order chi connectivity index (χ0) is 29.8. The number of ether oxygens (including phenoxy) is 6. The molecule has 226 valence electrons. The molecule has 11 heteroatoms. The lowest BCUT2D eigenvalue weighted by molar-refractivity contribution is -0.148. The maximum absolute atomic E-state index is 12.4. The van der Waals surface area contributed by atoms with E-state index in [0.29, 0.717) is 24.8 Å². The normalized spacial score (nSPS) is 12.1. The minimum Gasteiger partial charge on any atom is -0.468 e. The summed E-state index contributed by atoms with van der Waals surface area (Å²) >= 11 is 0. The van der Waals surface area contributed by atoms with E-state index in [2.05, 4.69) is 5.32 Å². The molecule has 1 aromatic rings. The quantitative estimate of drug-likeness (QED) is 0.100. The fourth-order valence-electron chi connectivity index (χ4n) is 3.41. The van der Waals surface area contributed by atoms with Gasteiger partial charge in [-0.05, 0) is 43.4 Å². The summed E-state index contributed by atoms with van der Waals surface area (Å²) in [5, 5.41) is 3.02. The molecule has 1 rings (SSSR count). The van der Waals surface area contributed by atoms with Crippen LogP contribution >= 0.6 is 0 Å². The van der Waals surface area contributed by atoms with Crippen molar-refractivity contribution >= 4 is 24.2 Å². The molecule has 1 aromatic carbocycles. The first kappa shape index (κ1) is 34.7. The van der Waals surface area contributed by atoms with Crippen LogP contribution < -0.4 is 14.8 Å². The summed E-state index contributed by atoms with van der Waals surface area (Å²) in [5.74, 6) is -1.13. The molecular weight excluding hydrogens is 522 g/mol. The van der Waals surface area contributed by atoms with Gasteiger partial charge in [0.15, 0.2) is 11.5 Å². The van der Waals surface area contributed by atoms with Crippen molar-refractivity contribution in [1.29, 1.82) is 0 Å². The van der Waals surface area contributed by atoms with Crippen molar-refractivity contribution in [2.45, 2.75) is 85.1 Å². The smallest absolute Gasteiger partial charge is 0.468 e. The second-order valence-electron chi connectivity index (χ2n) is 9.31. The molecule has 0 saturated carbocycles. The Bertz CT molecular complexity index is 920. The van der Waals surface area contributed by atoms with Crippen LogP contribution in [0.3, 0.4) is 0 Å². The van der Waals surface area contributed by atoms with Crippen molar-refractivity contribution in [1.82, 2.24) is 5.32 Å². The first-order valence-electron chi connectivity index (χ1n) is 14.1. The van der Waals surface area contributed by atoms with Crippen LogP contribution in [-0.4, -0.2) is 63.8 Å². The molecule has 40 heavy (non-hydrogen) atoms. The maximum atomic E-state index is 12.4. The Morgan fingerprint density at radius 2 is 1.38 bits per heavy atom. The van der Waals surface area contributed by atoms with Gasteiger partial charge in [0.2, 0.25) is 0 Å². The highest BCUT2D eigenvalue weighted by molar-refractivity contribution is 5.76. The Labute approximate surface area is 237 Å². The van der Waals surface area contributed by atoms with Crippen LogP contribution in [0.25, 0.3) is 0 Å². The molecule has 0 bridgehead atoms. The SMILES string of the molecule is CCCCCOC(=O)Oc1ccc(C[C@H](NCCOC(=O)C(C)CC)C(=O)OC)cc1OC(=O)OCCCCC. The van der Waals surface area contributed by atoms with E-state index in [9.17, 15) is 19.2 Å². The van der Waals surface area contributed by atoms with E-state index < -0.39 is 24.3 Å². The standard InChI is InChI=1S/C29H45NO10/c1-6-9-11-16-37-28(33)39-24-14-13-22(20-25(24)40-29(34)38-17-12-10-7-2)19-23(27(32)35-5)30-15-18-36-26(31)21(4)8-3/h13-14,20-21,23,30H,6-12,15-19H2,1-5H3/t21?,23-/m0/s1. The highest BCUT2D eigenvalue weighted by Crippen LogP contribution is 2.30. The second kappa shape index (κ2) is 20.5. The third-order valence-corrected chi connectivity index (χ3v) is 6.01. The Hall–Kier alpha value is -3.34. The van der Waals surface area contributed by atoms with Crippen LogP contribution in [0.2, 0.25) is 0 Å². The predicted molar refractivity (Wildman–Crippen MR) is 147 cm³/mol. The van der Waals surface area contributed by atoms with Gasteiger partial charge >= 0.3 is 24.2 Å². The molecule has 1 unspecified atom stereocenters. The van der Waals surface area contributed by atoms with Crippen molar-refractivity contribution in [3.63, 3.8) is 0 Å². The number of benzene rings is 1. The summed E-state index contributed by atoms with van der Waals surface area (Å²) in [7, 11) is 1.27. The van der Waals surface area contributed by atoms with Crippen molar-refractivity contribution in [2.24, 2.45) is 5.92 Å². The average molecular weight is 568 g/mol. The minimum atomic E-state index is -0.944. The predicted octanol–water partition coefficient (Wildman–Crippen LogP) is 5.36. The second-order valence-corrected chi connectivity index (χ2v) is 9.31. The molecule has 0 amide bonds. The van der Waals surface area contributed by atoms with Gasteiger partial charge in [-0.25, -0.2) is 9.59 Å². The van der Waals surface area contributed by atoms with Crippen LogP contribution in [-0.2, 0) is 35.0 Å². The van der Waals surface area contributed by atoms with Crippen LogP contribution in [0, 0.1) is 5.92 Å². The lowest BCUT2D eigenvalue weighted by Gasteiger charge is -2.18. The molecule has 2 atom stereocenters. The number of unbranched alkanes of at least 4 members (excludes halogenated alkanes) is 4. The summed E-state index contributed by atoms with van der Waals surface area (Å²) in [6, 6.07) is 3.77. The number of rotatable bonds is 19. The maximum Gasteiger partial charge on any atom is 0.513 e. The largest absolute Gasteiger partial charge is 0.513 e. The first-order valence-corrected chi connectivity index (χ1v) is 14.1. The average Bonchev–Trinajstić information content (AvgIpc) is 2.95. The third kappa shape index (κ3) is 14.2. The van der Waals surface area contributed by atoms with E-state index >= 15 is 0 Å². The lowest BCUT2D eigenvalue weighted by Crippen LogP contribution is -2.41. The topological polar surface area (TPSA) is 136 Å². The number of hydrogen-bond donors (Lipinski definition) is 1. The highest BCUT2D eigenvalue weighted by atomic mass is 16.7. The number of hydrogen-bond acceptors (Lipinski definition) is 11.